The number of halogens is 2. The molecule has 0 aromatic carbocycles. The summed E-state index contributed by atoms with van der Waals surface area (Å²) >= 11 is 18.5. The van der Waals surface area contributed by atoms with Gasteiger partial charge in [-0.1, -0.05) is 36.3 Å². The summed E-state index contributed by atoms with van der Waals surface area (Å²) in [5.41, 5.74) is 0. The molecular formula is C8H18Cl2N2P2S2. The van der Waals surface area contributed by atoms with E-state index in [1.54, 1.807) is 0 Å². The normalized spacial score (nSPS) is 33.9. The molecule has 0 aliphatic carbocycles. The summed E-state index contributed by atoms with van der Waals surface area (Å²) in [6.45, 7) is 6.35. The van der Waals surface area contributed by atoms with Gasteiger partial charge in [0.05, 0.1) is 14.9 Å². The van der Waals surface area contributed by atoms with E-state index in [0.717, 1.165) is 38.3 Å². The van der Waals surface area contributed by atoms with Gasteiger partial charge < -0.3 is 0 Å². The summed E-state index contributed by atoms with van der Waals surface area (Å²) < 4.78 is 4.60. The molecule has 0 saturated carbocycles. The molecule has 1 saturated heterocycles. The Balaban J connectivity index is 2.79. The second-order valence-electron chi connectivity index (χ2n) is 3.50. The predicted octanol–water partition coefficient (Wildman–Crippen LogP) is 4.44. The van der Waals surface area contributed by atoms with Gasteiger partial charge in [0.1, 0.15) is 0 Å². The zero-order valence-corrected chi connectivity index (χ0v) is 14.5. The summed E-state index contributed by atoms with van der Waals surface area (Å²) in [7, 11) is -1.47. The molecule has 1 fully saturated rings. The van der Waals surface area contributed by atoms with Gasteiger partial charge >= 0.3 is 0 Å². The van der Waals surface area contributed by atoms with Crippen molar-refractivity contribution in [3.05, 3.63) is 0 Å². The Hall–Kier alpha value is 1.93. The van der Waals surface area contributed by atoms with Crippen LogP contribution in [0.25, 0.3) is 0 Å². The maximum absolute atomic E-state index is 6.45. The topological polar surface area (TPSA) is 6.48 Å². The van der Waals surface area contributed by atoms with Gasteiger partial charge in [-0.25, -0.2) is 0 Å². The molecule has 2 unspecified atom stereocenters. The van der Waals surface area contributed by atoms with E-state index in [0.29, 0.717) is 0 Å². The lowest BCUT2D eigenvalue weighted by Crippen LogP contribution is -2.30. The van der Waals surface area contributed by atoms with Crippen LogP contribution in [0.1, 0.15) is 26.7 Å². The van der Waals surface area contributed by atoms with E-state index in [1.165, 1.54) is 0 Å². The highest BCUT2D eigenvalue weighted by Crippen LogP contribution is 2.58. The van der Waals surface area contributed by atoms with Crippen LogP contribution in [-0.2, 0) is 21.0 Å². The summed E-state index contributed by atoms with van der Waals surface area (Å²) in [6, 6.07) is 0. The minimum Gasteiger partial charge on any atom is -0.198 e. The van der Waals surface area contributed by atoms with Gasteiger partial charge in [-0.2, -0.15) is 8.15 Å². The monoisotopic (exact) mass is 338 g/mol. The fourth-order valence-corrected chi connectivity index (χ4v) is 12.7. The summed E-state index contributed by atoms with van der Waals surface area (Å²) in [5.74, 6) is 0. The Kier molecular flexibility index (Phi) is 8.16. The van der Waals surface area contributed by atoms with Crippen molar-refractivity contribution in [1.82, 2.24) is 8.15 Å². The fraction of sp³-hybridized carbons (Fsp3) is 1.00. The van der Waals surface area contributed by atoms with Gasteiger partial charge in [0, 0.05) is 35.2 Å². The molecule has 16 heavy (non-hydrogen) atoms. The first-order valence-electron chi connectivity index (χ1n) is 5.45. The molecule has 0 aromatic heterocycles. The van der Waals surface area contributed by atoms with Crippen LogP contribution in [0.4, 0.5) is 0 Å². The van der Waals surface area contributed by atoms with Crippen LogP contribution in [0.2, 0.25) is 0 Å². The number of hydrogen-bond donors (Lipinski definition) is 0. The first kappa shape index (κ1) is 16.0. The molecule has 96 valence electrons. The fourth-order valence-electron chi connectivity index (χ4n) is 1.40. The Labute approximate surface area is 118 Å². The van der Waals surface area contributed by atoms with Gasteiger partial charge in [-0.15, -0.1) is 0 Å². The van der Waals surface area contributed by atoms with E-state index in [1.807, 2.05) is 0 Å². The van der Waals surface area contributed by atoms with Gasteiger partial charge in [-0.3, -0.25) is 0 Å². The van der Waals surface area contributed by atoms with Crippen molar-refractivity contribution < 1.29 is 0 Å². The Morgan fingerprint density at radius 3 is 1.75 bits per heavy atom. The molecule has 0 radical (unpaired) electrons. The highest BCUT2D eigenvalue weighted by Gasteiger charge is 2.31. The van der Waals surface area contributed by atoms with E-state index >= 15 is 0 Å². The van der Waals surface area contributed by atoms with Crippen molar-refractivity contribution in [2.45, 2.75) is 26.7 Å². The van der Waals surface area contributed by atoms with Gasteiger partial charge in [0.2, 0.25) is 0 Å². The second-order valence-corrected chi connectivity index (χ2v) is 11.8. The molecule has 1 aliphatic heterocycles. The third-order valence-corrected chi connectivity index (χ3v) is 12.6. The minimum atomic E-state index is -0.587. The van der Waals surface area contributed by atoms with E-state index in [-0.39, 0.29) is 9.83 Å². The van der Waals surface area contributed by atoms with Crippen molar-refractivity contribution in [3.63, 3.8) is 0 Å². The van der Waals surface area contributed by atoms with E-state index in [4.69, 9.17) is 33.7 Å². The van der Waals surface area contributed by atoms with Crippen LogP contribution in [0.15, 0.2) is 0 Å². The number of rotatable bonds is 4. The third kappa shape index (κ3) is 4.24. The van der Waals surface area contributed by atoms with Crippen molar-refractivity contribution in [2.24, 2.45) is 0 Å². The SMILES string of the molecule is CCCN1P(Cl)CCP(Cl)N(CCC)S1=S. The first-order chi connectivity index (χ1) is 7.61. The lowest BCUT2D eigenvalue weighted by molar-refractivity contribution is 0.635. The largest absolute Gasteiger partial charge is 0.198 e. The molecule has 0 spiro atoms. The van der Waals surface area contributed by atoms with Gasteiger partial charge in [0.25, 0.3) is 0 Å². The molecule has 2 atom stereocenters. The van der Waals surface area contributed by atoms with E-state index < -0.39 is 14.9 Å². The van der Waals surface area contributed by atoms with E-state index in [9.17, 15) is 0 Å². The third-order valence-electron chi connectivity index (χ3n) is 2.14. The Morgan fingerprint density at radius 2 is 1.44 bits per heavy atom. The van der Waals surface area contributed by atoms with Gasteiger partial charge in [0.15, 0.2) is 0 Å². The quantitative estimate of drug-likeness (QED) is 0.700. The lowest BCUT2D eigenvalue weighted by Gasteiger charge is -2.31. The highest BCUT2D eigenvalue weighted by atomic mass is 35.7. The molecule has 1 aliphatic rings. The van der Waals surface area contributed by atoms with Crippen LogP contribution in [0.5, 0.6) is 0 Å². The molecular weight excluding hydrogens is 321 g/mol. The highest BCUT2D eigenvalue weighted by molar-refractivity contribution is 8.31. The maximum atomic E-state index is 6.45. The second kappa shape index (κ2) is 8.17. The Morgan fingerprint density at radius 1 is 1.06 bits per heavy atom. The zero-order chi connectivity index (χ0) is 12.1. The van der Waals surface area contributed by atoms with Crippen LogP contribution in [-0.4, -0.2) is 33.6 Å². The number of hydrogen-bond acceptors (Lipinski definition) is 1. The average Bonchev–Trinajstić information content (AvgIpc) is 2.36. The van der Waals surface area contributed by atoms with Crippen molar-refractivity contribution in [1.29, 1.82) is 0 Å². The lowest BCUT2D eigenvalue weighted by atomic mass is 10.5. The molecule has 0 bridgehead atoms. The summed E-state index contributed by atoms with van der Waals surface area (Å²) in [6.07, 6.45) is 4.25. The zero-order valence-electron chi connectivity index (χ0n) is 9.60. The van der Waals surface area contributed by atoms with Crippen LogP contribution < -0.4 is 0 Å². The molecule has 1 rings (SSSR count). The van der Waals surface area contributed by atoms with E-state index in [2.05, 4.69) is 22.0 Å². The standard InChI is InChI=1S/C8H18Cl2N2P2S2/c1-3-5-11-13(9)7-8-14(10)12(6-4-2)16(11)15/h3-8H2,1-2H3. The molecule has 1 heterocycles. The minimum absolute atomic E-state index is 0.299. The van der Waals surface area contributed by atoms with Crippen LogP contribution >= 0.6 is 37.3 Å². The molecule has 8 heteroatoms. The van der Waals surface area contributed by atoms with Crippen LogP contribution in [0, 0.1) is 0 Å². The number of nitrogens with zero attached hydrogens (tertiary/aromatic N) is 2. The van der Waals surface area contributed by atoms with Gasteiger partial charge in [-0.05, 0) is 24.0 Å². The van der Waals surface area contributed by atoms with Crippen molar-refractivity contribution in [3.8, 4) is 0 Å². The van der Waals surface area contributed by atoms with Crippen molar-refractivity contribution in [2.75, 3.05) is 25.4 Å². The molecule has 0 amide bonds. The summed E-state index contributed by atoms with van der Waals surface area (Å²) in [4.78, 5) is 0. The molecule has 0 aromatic rings. The first-order valence-corrected chi connectivity index (χ1v) is 12.3. The smallest absolute Gasteiger partial charge is 0.0742 e. The molecule has 0 N–H and O–H groups in total. The maximum Gasteiger partial charge on any atom is 0.0742 e. The summed E-state index contributed by atoms with van der Waals surface area (Å²) in [5, 5.41) is 0. The molecule has 2 nitrogen and oxygen atoms in total. The average molecular weight is 339 g/mol. The Bertz CT molecular complexity index is 226. The van der Waals surface area contributed by atoms with Crippen LogP contribution in [0.3, 0.4) is 0 Å². The predicted molar refractivity (Wildman–Crippen MR) is 84.0 cm³/mol. The van der Waals surface area contributed by atoms with Crippen molar-refractivity contribution >= 4 is 58.3 Å².